The minimum atomic E-state index is -3.44. The zero-order valence-corrected chi connectivity index (χ0v) is 19.3. The molecule has 0 radical (unpaired) electrons. The monoisotopic (exact) mass is 497 g/mol. The van der Waals surface area contributed by atoms with Gasteiger partial charge in [0.2, 0.25) is 10.0 Å². The molecule has 1 amide bonds. The molecule has 3 heterocycles. The fraction of sp³-hybridized carbons (Fsp3) is 0.450. The van der Waals surface area contributed by atoms with Gasteiger partial charge < -0.3 is 4.90 Å². The lowest BCUT2D eigenvalue weighted by Crippen LogP contribution is -2.48. The van der Waals surface area contributed by atoms with Crippen LogP contribution in [0.25, 0.3) is 0 Å². The molecule has 0 aliphatic carbocycles. The largest absolute Gasteiger partial charge is 0.336 e. The van der Waals surface area contributed by atoms with Crippen LogP contribution in [0, 0.1) is 0 Å². The molecule has 1 aromatic heterocycles. The van der Waals surface area contributed by atoms with Gasteiger partial charge in [0.25, 0.3) is 5.91 Å². The second kappa shape index (κ2) is 8.85. The summed E-state index contributed by atoms with van der Waals surface area (Å²) in [5.41, 5.74) is 0.543. The Morgan fingerprint density at radius 1 is 0.931 bits per heavy atom. The number of benzene rings is 1. The van der Waals surface area contributed by atoms with Gasteiger partial charge in [0.1, 0.15) is 0 Å². The first kappa shape index (κ1) is 21.0. The van der Waals surface area contributed by atoms with E-state index in [0.717, 1.165) is 36.3 Å². The summed E-state index contributed by atoms with van der Waals surface area (Å²) >= 11 is 5.23. The van der Waals surface area contributed by atoms with Gasteiger partial charge in [-0.1, -0.05) is 0 Å². The maximum absolute atomic E-state index is 12.8. The van der Waals surface area contributed by atoms with Crippen LogP contribution in [0.3, 0.4) is 0 Å². The molecular formula is C20H24BrN3O3S2. The zero-order chi connectivity index (χ0) is 20.4. The molecule has 0 bridgehead atoms. The van der Waals surface area contributed by atoms with Crippen molar-refractivity contribution < 1.29 is 13.2 Å². The van der Waals surface area contributed by atoms with Gasteiger partial charge in [-0.3, -0.25) is 9.69 Å². The Bertz CT molecular complexity index is 961. The van der Waals surface area contributed by atoms with Crippen LogP contribution in [-0.4, -0.2) is 67.7 Å². The van der Waals surface area contributed by atoms with E-state index in [2.05, 4.69) is 33.0 Å². The van der Waals surface area contributed by atoms with Crippen LogP contribution in [0.4, 0.5) is 0 Å². The van der Waals surface area contributed by atoms with Gasteiger partial charge in [0.05, 0.1) is 8.68 Å². The highest BCUT2D eigenvalue weighted by Crippen LogP contribution is 2.24. The molecule has 0 atom stereocenters. The van der Waals surface area contributed by atoms with Gasteiger partial charge in [0.15, 0.2) is 0 Å². The van der Waals surface area contributed by atoms with E-state index in [9.17, 15) is 13.2 Å². The minimum absolute atomic E-state index is 0.0337. The molecule has 6 nitrogen and oxygen atoms in total. The van der Waals surface area contributed by atoms with Crippen molar-refractivity contribution in [3.63, 3.8) is 0 Å². The molecule has 4 rings (SSSR count). The predicted octanol–water partition coefficient (Wildman–Crippen LogP) is 3.25. The van der Waals surface area contributed by atoms with E-state index in [1.54, 1.807) is 35.6 Å². The van der Waals surface area contributed by atoms with Crippen LogP contribution >= 0.6 is 27.3 Å². The van der Waals surface area contributed by atoms with Crippen LogP contribution in [0.15, 0.2) is 45.1 Å². The maximum Gasteiger partial charge on any atom is 0.253 e. The molecule has 2 saturated heterocycles. The highest BCUT2D eigenvalue weighted by atomic mass is 79.9. The normalized spacial score (nSPS) is 19.0. The molecule has 2 aromatic rings. The smallest absolute Gasteiger partial charge is 0.253 e. The Morgan fingerprint density at radius 2 is 1.59 bits per heavy atom. The number of carbonyl (C=O) groups is 1. The summed E-state index contributed by atoms with van der Waals surface area (Å²) in [5, 5.41) is 0. The lowest BCUT2D eigenvalue weighted by Gasteiger charge is -2.34. The summed E-state index contributed by atoms with van der Waals surface area (Å²) in [6.45, 7) is 5.09. The number of hydrogen-bond acceptors (Lipinski definition) is 5. The average Bonchev–Trinajstić information content (AvgIpc) is 3.41. The Labute approximate surface area is 184 Å². The van der Waals surface area contributed by atoms with Gasteiger partial charge in [0, 0.05) is 56.3 Å². The SMILES string of the molecule is O=C(c1ccc(S(=O)(=O)N2CCCC2)cc1)N1CCN(Cc2ccc(Br)s2)CC1. The molecule has 0 spiro atoms. The van der Waals surface area contributed by atoms with Gasteiger partial charge in [-0.05, 0) is 65.2 Å². The zero-order valence-electron chi connectivity index (χ0n) is 16.1. The van der Waals surface area contributed by atoms with E-state index in [1.165, 1.54) is 9.18 Å². The third kappa shape index (κ3) is 4.74. The summed E-state index contributed by atoms with van der Waals surface area (Å²) in [6, 6.07) is 10.6. The van der Waals surface area contributed by atoms with E-state index in [-0.39, 0.29) is 10.8 Å². The fourth-order valence-electron chi connectivity index (χ4n) is 3.80. The fourth-order valence-corrected chi connectivity index (χ4v) is 6.84. The molecule has 2 aliphatic rings. The average molecular weight is 498 g/mol. The standard InChI is InChI=1S/C20H24BrN3O3S2/c21-19-8-5-17(28-19)15-22-11-13-23(14-12-22)20(25)16-3-6-18(7-4-16)29(26,27)24-9-1-2-10-24/h3-8H,1-2,9-15H2. The van der Waals surface area contributed by atoms with Gasteiger partial charge in [-0.15, -0.1) is 11.3 Å². The first-order valence-corrected chi connectivity index (χ1v) is 12.8. The van der Waals surface area contributed by atoms with Crippen LogP contribution in [0.2, 0.25) is 0 Å². The van der Waals surface area contributed by atoms with Crippen molar-refractivity contribution in [2.45, 2.75) is 24.3 Å². The second-order valence-corrected chi connectivity index (χ2v) is 11.9. The van der Waals surface area contributed by atoms with Crippen molar-refractivity contribution in [2.75, 3.05) is 39.3 Å². The van der Waals surface area contributed by atoms with E-state index in [1.807, 2.05) is 4.90 Å². The Morgan fingerprint density at radius 3 is 2.17 bits per heavy atom. The van der Waals surface area contributed by atoms with Gasteiger partial charge >= 0.3 is 0 Å². The molecule has 0 N–H and O–H groups in total. The number of piperazine rings is 1. The molecule has 29 heavy (non-hydrogen) atoms. The Balaban J connectivity index is 1.35. The Kier molecular flexibility index (Phi) is 6.41. The topological polar surface area (TPSA) is 60.9 Å². The molecule has 0 saturated carbocycles. The van der Waals surface area contributed by atoms with E-state index >= 15 is 0 Å². The summed E-state index contributed by atoms with van der Waals surface area (Å²) in [6.07, 6.45) is 1.82. The maximum atomic E-state index is 12.8. The van der Waals surface area contributed by atoms with E-state index in [0.29, 0.717) is 31.7 Å². The number of thiophene rings is 1. The number of rotatable bonds is 5. The number of sulfonamides is 1. The quantitative estimate of drug-likeness (QED) is 0.635. The van der Waals surface area contributed by atoms with Crippen molar-refractivity contribution >= 4 is 43.2 Å². The number of amides is 1. The van der Waals surface area contributed by atoms with Crippen molar-refractivity contribution in [2.24, 2.45) is 0 Å². The molecule has 156 valence electrons. The van der Waals surface area contributed by atoms with Crippen molar-refractivity contribution in [3.8, 4) is 0 Å². The third-order valence-corrected chi connectivity index (χ3v) is 8.99. The van der Waals surface area contributed by atoms with Crippen LogP contribution < -0.4 is 0 Å². The number of halogens is 1. The third-order valence-electron chi connectivity index (χ3n) is 5.47. The molecule has 2 aliphatic heterocycles. The summed E-state index contributed by atoms with van der Waals surface area (Å²) < 4.78 is 27.9. The first-order chi connectivity index (χ1) is 13.9. The number of hydrogen-bond donors (Lipinski definition) is 0. The van der Waals surface area contributed by atoms with Crippen molar-refractivity contribution in [1.29, 1.82) is 0 Å². The van der Waals surface area contributed by atoms with E-state index < -0.39 is 10.0 Å². The number of carbonyl (C=O) groups excluding carboxylic acids is 1. The molecule has 2 fully saturated rings. The van der Waals surface area contributed by atoms with Crippen molar-refractivity contribution in [1.82, 2.24) is 14.1 Å². The molecular weight excluding hydrogens is 474 g/mol. The summed E-state index contributed by atoms with van der Waals surface area (Å²) in [4.78, 5) is 18.6. The molecule has 9 heteroatoms. The minimum Gasteiger partial charge on any atom is -0.336 e. The highest BCUT2D eigenvalue weighted by Gasteiger charge is 2.28. The Hall–Kier alpha value is -1.26. The molecule has 1 aromatic carbocycles. The van der Waals surface area contributed by atoms with Crippen molar-refractivity contribution in [3.05, 3.63) is 50.6 Å². The highest BCUT2D eigenvalue weighted by molar-refractivity contribution is 9.11. The summed E-state index contributed by atoms with van der Waals surface area (Å²) in [5.74, 6) is -0.0337. The lowest BCUT2D eigenvalue weighted by atomic mass is 10.2. The lowest BCUT2D eigenvalue weighted by molar-refractivity contribution is 0.0629. The first-order valence-electron chi connectivity index (χ1n) is 9.79. The predicted molar refractivity (Wildman–Crippen MR) is 118 cm³/mol. The van der Waals surface area contributed by atoms with Crippen LogP contribution in [0.5, 0.6) is 0 Å². The number of nitrogens with zero attached hydrogens (tertiary/aromatic N) is 3. The van der Waals surface area contributed by atoms with Gasteiger partial charge in [-0.25, -0.2) is 8.42 Å². The second-order valence-electron chi connectivity index (χ2n) is 7.41. The van der Waals surface area contributed by atoms with Crippen LogP contribution in [0.1, 0.15) is 28.1 Å². The molecule has 0 unspecified atom stereocenters. The van der Waals surface area contributed by atoms with Gasteiger partial charge in [-0.2, -0.15) is 4.31 Å². The summed E-state index contributed by atoms with van der Waals surface area (Å²) in [7, 11) is -3.44. The van der Waals surface area contributed by atoms with E-state index in [4.69, 9.17) is 0 Å². The van der Waals surface area contributed by atoms with Crippen LogP contribution in [-0.2, 0) is 16.6 Å².